The van der Waals surface area contributed by atoms with Crippen LogP contribution in [-0.2, 0) is 4.79 Å². The van der Waals surface area contributed by atoms with Crippen LogP contribution in [0.15, 0.2) is 29.3 Å². The molecule has 0 saturated heterocycles. The lowest BCUT2D eigenvalue weighted by molar-refractivity contribution is -0.121. The van der Waals surface area contributed by atoms with E-state index in [4.69, 9.17) is 0 Å². The molecule has 1 aromatic heterocycles. The molecule has 5 nitrogen and oxygen atoms in total. The number of carbonyl (C=O) groups excluding carboxylic acids is 1. The Balaban J connectivity index is 2.17. The van der Waals surface area contributed by atoms with E-state index in [-0.39, 0.29) is 17.1 Å². The fourth-order valence-electron chi connectivity index (χ4n) is 2.06. The Labute approximate surface area is 146 Å². The minimum atomic E-state index is -0.879. The topological polar surface area (TPSA) is 78.7 Å². The van der Waals surface area contributed by atoms with Gasteiger partial charge in [0, 0.05) is 0 Å². The number of nitrogens with one attached hydrogen (secondary N) is 1. The van der Waals surface area contributed by atoms with Crippen LogP contribution in [0, 0.1) is 24.2 Å². The third-order valence-corrected chi connectivity index (χ3v) is 5.31. The van der Waals surface area contributed by atoms with Gasteiger partial charge in [0.05, 0.1) is 28.0 Å². The van der Waals surface area contributed by atoms with E-state index in [1.807, 2.05) is 52.0 Å². The standard InChI is InChI=1S/C18H22N4OS/c1-11(2)18(5,10-19)22-16(23)13(4)24-17-12(3)20-14-8-6-7-9-15(14)21-17/h6-9,11,13H,1-5H3,(H,22,23)/t13-,18-/m0/s1. The summed E-state index contributed by atoms with van der Waals surface area (Å²) >= 11 is 1.36. The normalized spacial score (nSPS) is 14.9. The number of hydrogen-bond acceptors (Lipinski definition) is 5. The highest BCUT2D eigenvalue weighted by Gasteiger charge is 2.32. The molecule has 0 aliphatic carbocycles. The van der Waals surface area contributed by atoms with Crippen LogP contribution in [0.25, 0.3) is 11.0 Å². The van der Waals surface area contributed by atoms with Gasteiger partial charge < -0.3 is 5.32 Å². The van der Waals surface area contributed by atoms with Crippen molar-refractivity contribution < 1.29 is 4.79 Å². The summed E-state index contributed by atoms with van der Waals surface area (Å²) in [5.41, 5.74) is 1.57. The van der Waals surface area contributed by atoms with Crippen LogP contribution in [0.3, 0.4) is 0 Å². The van der Waals surface area contributed by atoms with E-state index in [0.717, 1.165) is 21.8 Å². The third kappa shape index (κ3) is 3.85. The molecule has 126 valence electrons. The van der Waals surface area contributed by atoms with Crippen LogP contribution < -0.4 is 5.32 Å². The van der Waals surface area contributed by atoms with E-state index in [1.165, 1.54) is 11.8 Å². The van der Waals surface area contributed by atoms with Crippen LogP contribution >= 0.6 is 11.8 Å². The van der Waals surface area contributed by atoms with Crippen LogP contribution in [-0.4, -0.2) is 26.7 Å². The van der Waals surface area contributed by atoms with Crippen LogP contribution in [0.1, 0.15) is 33.4 Å². The van der Waals surface area contributed by atoms with Crippen molar-refractivity contribution >= 4 is 28.7 Å². The zero-order valence-electron chi connectivity index (χ0n) is 14.6. The second-order valence-corrected chi connectivity index (χ2v) is 7.65. The van der Waals surface area contributed by atoms with E-state index in [1.54, 1.807) is 6.92 Å². The van der Waals surface area contributed by atoms with Crippen molar-refractivity contribution in [1.29, 1.82) is 5.26 Å². The Morgan fingerprint density at radius 3 is 2.38 bits per heavy atom. The Kier molecular flexibility index (Phi) is 5.45. The lowest BCUT2D eigenvalue weighted by Crippen LogP contribution is -2.51. The maximum atomic E-state index is 12.5. The molecule has 1 aromatic carbocycles. The quantitative estimate of drug-likeness (QED) is 0.842. The van der Waals surface area contributed by atoms with Gasteiger partial charge in [0.1, 0.15) is 10.6 Å². The van der Waals surface area contributed by atoms with Gasteiger partial charge in [-0.2, -0.15) is 5.26 Å². The zero-order chi connectivity index (χ0) is 17.9. The van der Waals surface area contributed by atoms with E-state index in [2.05, 4.69) is 21.4 Å². The monoisotopic (exact) mass is 342 g/mol. The van der Waals surface area contributed by atoms with Crippen molar-refractivity contribution in [3.63, 3.8) is 0 Å². The number of fused-ring (bicyclic) bond motifs is 1. The number of aromatic nitrogens is 2. The Bertz CT molecular complexity index is 799. The van der Waals surface area contributed by atoms with Crippen LogP contribution in [0.4, 0.5) is 0 Å². The molecule has 1 amide bonds. The number of hydrogen-bond donors (Lipinski definition) is 1. The van der Waals surface area contributed by atoms with E-state index < -0.39 is 5.54 Å². The molecule has 0 radical (unpaired) electrons. The molecule has 6 heteroatoms. The van der Waals surface area contributed by atoms with Gasteiger partial charge in [-0.25, -0.2) is 9.97 Å². The highest BCUT2D eigenvalue weighted by Crippen LogP contribution is 2.26. The minimum Gasteiger partial charge on any atom is -0.337 e. The van der Waals surface area contributed by atoms with Gasteiger partial charge in [-0.1, -0.05) is 37.7 Å². The molecule has 0 bridgehead atoms. The summed E-state index contributed by atoms with van der Waals surface area (Å²) in [6.07, 6.45) is 0. The molecule has 0 fully saturated rings. The SMILES string of the molecule is Cc1nc2ccccc2nc1S[C@@H](C)C(=O)N[C@@](C)(C#N)C(C)C. The number of aryl methyl sites for hydroxylation is 1. The Morgan fingerprint density at radius 2 is 1.83 bits per heavy atom. The molecule has 0 saturated carbocycles. The summed E-state index contributed by atoms with van der Waals surface area (Å²) in [6.45, 7) is 9.28. The molecular formula is C18H22N4OS. The minimum absolute atomic E-state index is 0.0193. The van der Waals surface area contributed by atoms with Gasteiger partial charge in [0.25, 0.3) is 0 Å². The average molecular weight is 342 g/mol. The van der Waals surface area contributed by atoms with Gasteiger partial charge in [-0.3, -0.25) is 4.79 Å². The van der Waals surface area contributed by atoms with Crippen molar-refractivity contribution in [2.45, 2.75) is 50.4 Å². The summed E-state index contributed by atoms with van der Waals surface area (Å²) in [5, 5.41) is 12.6. The van der Waals surface area contributed by atoms with Crippen molar-refractivity contribution in [3.05, 3.63) is 30.0 Å². The summed E-state index contributed by atoms with van der Waals surface area (Å²) in [6, 6.07) is 9.86. The van der Waals surface area contributed by atoms with Gasteiger partial charge in [-0.15, -0.1) is 0 Å². The molecule has 0 aliphatic rings. The third-order valence-electron chi connectivity index (χ3n) is 4.13. The lowest BCUT2D eigenvalue weighted by Gasteiger charge is -2.28. The highest BCUT2D eigenvalue weighted by atomic mass is 32.2. The first-order valence-electron chi connectivity index (χ1n) is 7.90. The summed E-state index contributed by atoms with van der Waals surface area (Å²) in [7, 11) is 0. The molecule has 0 unspecified atom stereocenters. The first kappa shape index (κ1) is 18.2. The van der Waals surface area contributed by atoms with Crippen LogP contribution in [0.2, 0.25) is 0 Å². The second kappa shape index (κ2) is 7.18. The fourth-order valence-corrected chi connectivity index (χ4v) is 2.93. The Hall–Kier alpha value is -2.13. The molecule has 0 aliphatic heterocycles. The number of para-hydroxylation sites is 2. The van der Waals surface area contributed by atoms with E-state index in [0.29, 0.717) is 0 Å². The first-order valence-corrected chi connectivity index (χ1v) is 8.78. The summed E-state index contributed by atoms with van der Waals surface area (Å²) < 4.78 is 0. The van der Waals surface area contributed by atoms with E-state index >= 15 is 0 Å². The van der Waals surface area contributed by atoms with Gasteiger partial charge >= 0.3 is 0 Å². The molecule has 2 atom stereocenters. The molecule has 0 spiro atoms. The number of thioether (sulfide) groups is 1. The highest BCUT2D eigenvalue weighted by molar-refractivity contribution is 8.00. The van der Waals surface area contributed by atoms with Gasteiger partial charge in [0.2, 0.25) is 5.91 Å². The van der Waals surface area contributed by atoms with Crippen molar-refractivity contribution in [1.82, 2.24) is 15.3 Å². The largest absolute Gasteiger partial charge is 0.337 e. The maximum absolute atomic E-state index is 12.5. The maximum Gasteiger partial charge on any atom is 0.234 e. The summed E-state index contributed by atoms with van der Waals surface area (Å²) in [5.74, 6) is -0.155. The molecule has 2 rings (SSSR count). The number of benzene rings is 1. The predicted octanol–water partition coefficient (Wildman–Crippen LogP) is 3.47. The fraction of sp³-hybridized carbons (Fsp3) is 0.444. The summed E-state index contributed by atoms with van der Waals surface area (Å²) in [4.78, 5) is 21.6. The van der Waals surface area contributed by atoms with Crippen molar-refractivity contribution in [2.75, 3.05) is 0 Å². The Morgan fingerprint density at radius 1 is 1.25 bits per heavy atom. The lowest BCUT2D eigenvalue weighted by atomic mass is 9.90. The molecule has 1 heterocycles. The number of rotatable bonds is 5. The molecule has 24 heavy (non-hydrogen) atoms. The molecule has 1 N–H and O–H groups in total. The smallest absolute Gasteiger partial charge is 0.234 e. The van der Waals surface area contributed by atoms with E-state index in [9.17, 15) is 10.1 Å². The van der Waals surface area contributed by atoms with Crippen LogP contribution in [0.5, 0.6) is 0 Å². The average Bonchev–Trinajstić information content (AvgIpc) is 2.55. The van der Waals surface area contributed by atoms with Gasteiger partial charge in [-0.05, 0) is 38.8 Å². The molecule has 2 aromatic rings. The number of carbonyl (C=O) groups is 1. The van der Waals surface area contributed by atoms with Crippen molar-refractivity contribution in [3.8, 4) is 6.07 Å². The number of amides is 1. The second-order valence-electron chi connectivity index (χ2n) is 6.32. The predicted molar refractivity (Wildman–Crippen MR) is 96.6 cm³/mol. The zero-order valence-corrected chi connectivity index (χ0v) is 15.4. The van der Waals surface area contributed by atoms with Crippen molar-refractivity contribution in [2.24, 2.45) is 5.92 Å². The molecular weight excluding hydrogens is 320 g/mol. The number of nitriles is 1. The van der Waals surface area contributed by atoms with Gasteiger partial charge in [0.15, 0.2) is 0 Å². The number of nitrogens with zero attached hydrogens (tertiary/aromatic N) is 3. The first-order chi connectivity index (χ1) is 11.3.